The number of rotatable bonds is 4. The van der Waals surface area contributed by atoms with Gasteiger partial charge in [-0.15, -0.1) is 0 Å². The van der Waals surface area contributed by atoms with E-state index in [0.717, 1.165) is 6.54 Å². The van der Waals surface area contributed by atoms with Gasteiger partial charge in [-0.3, -0.25) is 0 Å². The van der Waals surface area contributed by atoms with Crippen LogP contribution in [0.3, 0.4) is 0 Å². The Bertz CT molecular complexity index is 516. The van der Waals surface area contributed by atoms with Crippen molar-refractivity contribution in [2.75, 3.05) is 6.54 Å². The van der Waals surface area contributed by atoms with Crippen molar-refractivity contribution in [1.82, 2.24) is 5.32 Å². The number of fused-ring (bicyclic) bond motifs is 1. The summed E-state index contributed by atoms with van der Waals surface area (Å²) in [5.74, 6) is 0. The fourth-order valence-corrected chi connectivity index (χ4v) is 3.41. The van der Waals surface area contributed by atoms with Gasteiger partial charge in [0.25, 0.3) is 0 Å². The van der Waals surface area contributed by atoms with Crippen LogP contribution >= 0.6 is 11.3 Å². The molecule has 1 aliphatic carbocycles. The van der Waals surface area contributed by atoms with E-state index in [1.54, 1.807) is 11.3 Å². The lowest BCUT2D eigenvalue weighted by Crippen LogP contribution is -2.19. The van der Waals surface area contributed by atoms with Crippen molar-refractivity contribution in [2.24, 2.45) is 0 Å². The number of nitrogens with one attached hydrogen (secondary N) is 1. The zero-order chi connectivity index (χ0) is 12.4. The summed E-state index contributed by atoms with van der Waals surface area (Å²) in [4.78, 5) is 0. The molecule has 1 nitrogen and oxygen atoms in total. The molecular weight excluding hydrogens is 238 g/mol. The molecule has 2 aromatic rings. The summed E-state index contributed by atoms with van der Waals surface area (Å²) in [7, 11) is 0. The van der Waals surface area contributed by atoms with Gasteiger partial charge in [-0.05, 0) is 71.0 Å². The van der Waals surface area contributed by atoms with E-state index in [0.29, 0.717) is 6.04 Å². The lowest BCUT2D eigenvalue weighted by Gasteiger charge is -2.14. The summed E-state index contributed by atoms with van der Waals surface area (Å²) < 4.78 is 0. The van der Waals surface area contributed by atoms with Crippen LogP contribution in [0.25, 0.3) is 11.1 Å². The van der Waals surface area contributed by atoms with Crippen molar-refractivity contribution in [1.29, 1.82) is 0 Å². The van der Waals surface area contributed by atoms with Crippen LogP contribution in [0.5, 0.6) is 0 Å². The smallest absolute Gasteiger partial charge is 0.0326 e. The molecule has 1 aromatic carbocycles. The molecule has 0 fully saturated rings. The van der Waals surface area contributed by atoms with Gasteiger partial charge in [-0.25, -0.2) is 0 Å². The molecule has 0 amide bonds. The topological polar surface area (TPSA) is 12.0 Å². The summed E-state index contributed by atoms with van der Waals surface area (Å²) in [5, 5.41) is 8.04. The Morgan fingerprint density at radius 1 is 1.28 bits per heavy atom. The first-order valence-electron chi connectivity index (χ1n) is 6.77. The fraction of sp³-hybridized carbons (Fsp3) is 0.375. The van der Waals surface area contributed by atoms with Gasteiger partial charge < -0.3 is 5.32 Å². The number of aryl methyl sites for hydroxylation is 1. The number of hydrogen-bond donors (Lipinski definition) is 1. The predicted molar refractivity (Wildman–Crippen MR) is 79.1 cm³/mol. The van der Waals surface area contributed by atoms with E-state index >= 15 is 0 Å². The lowest BCUT2D eigenvalue weighted by molar-refractivity contribution is 0.529. The maximum absolute atomic E-state index is 3.66. The Morgan fingerprint density at radius 2 is 2.22 bits per heavy atom. The van der Waals surface area contributed by atoms with Crippen LogP contribution in [-0.2, 0) is 6.42 Å². The van der Waals surface area contributed by atoms with Gasteiger partial charge in [0.05, 0.1) is 0 Å². The first-order chi connectivity index (χ1) is 8.88. The largest absolute Gasteiger partial charge is 0.310 e. The fourth-order valence-electron chi connectivity index (χ4n) is 2.74. The zero-order valence-electron chi connectivity index (χ0n) is 10.8. The molecule has 1 N–H and O–H groups in total. The minimum absolute atomic E-state index is 0.568. The average molecular weight is 257 g/mol. The number of hydrogen-bond acceptors (Lipinski definition) is 2. The van der Waals surface area contributed by atoms with Gasteiger partial charge in [0.1, 0.15) is 0 Å². The molecule has 1 unspecified atom stereocenters. The third kappa shape index (κ3) is 2.23. The van der Waals surface area contributed by atoms with Crippen LogP contribution in [0.2, 0.25) is 0 Å². The highest BCUT2D eigenvalue weighted by molar-refractivity contribution is 7.08. The quantitative estimate of drug-likeness (QED) is 0.856. The van der Waals surface area contributed by atoms with Crippen LogP contribution in [0, 0.1) is 0 Å². The Hall–Kier alpha value is -1.12. The maximum Gasteiger partial charge on any atom is 0.0326 e. The van der Waals surface area contributed by atoms with E-state index < -0.39 is 0 Å². The van der Waals surface area contributed by atoms with Gasteiger partial charge >= 0.3 is 0 Å². The highest BCUT2D eigenvalue weighted by Gasteiger charge is 2.21. The minimum atomic E-state index is 0.568. The number of thiophene rings is 1. The highest BCUT2D eigenvalue weighted by atomic mass is 32.1. The van der Waals surface area contributed by atoms with Crippen molar-refractivity contribution >= 4 is 11.3 Å². The summed E-state index contributed by atoms with van der Waals surface area (Å²) in [6, 6.07) is 9.74. The SMILES string of the molecule is CCCNC1CCc2ccc(-c3ccsc3)cc21. The van der Waals surface area contributed by atoms with Crippen molar-refractivity contribution in [3.63, 3.8) is 0 Å². The summed E-state index contributed by atoms with van der Waals surface area (Å²) in [5.41, 5.74) is 5.76. The minimum Gasteiger partial charge on any atom is -0.310 e. The van der Waals surface area contributed by atoms with Gasteiger partial charge in [0.15, 0.2) is 0 Å². The Labute approximate surface area is 113 Å². The van der Waals surface area contributed by atoms with Crippen molar-refractivity contribution < 1.29 is 0 Å². The molecule has 1 heterocycles. The third-order valence-corrected chi connectivity index (χ3v) is 4.40. The molecule has 0 aliphatic heterocycles. The van der Waals surface area contributed by atoms with Crippen LogP contribution < -0.4 is 5.32 Å². The van der Waals surface area contributed by atoms with Crippen LogP contribution in [0.4, 0.5) is 0 Å². The first kappa shape index (κ1) is 11.9. The third-order valence-electron chi connectivity index (χ3n) is 3.72. The first-order valence-corrected chi connectivity index (χ1v) is 7.71. The second-order valence-electron chi connectivity index (χ2n) is 4.97. The molecule has 1 atom stereocenters. The molecule has 1 aliphatic rings. The van der Waals surface area contributed by atoms with E-state index in [9.17, 15) is 0 Å². The molecule has 18 heavy (non-hydrogen) atoms. The Balaban J connectivity index is 1.89. The normalized spacial score (nSPS) is 17.9. The molecule has 0 spiro atoms. The summed E-state index contributed by atoms with van der Waals surface area (Å²) >= 11 is 1.77. The van der Waals surface area contributed by atoms with Gasteiger partial charge in [0.2, 0.25) is 0 Å². The molecule has 2 heteroatoms. The van der Waals surface area contributed by atoms with Crippen LogP contribution in [-0.4, -0.2) is 6.54 Å². The van der Waals surface area contributed by atoms with Crippen LogP contribution in [0.15, 0.2) is 35.0 Å². The molecule has 3 rings (SSSR count). The monoisotopic (exact) mass is 257 g/mol. The molecule has 0 saturated heterocycles. The summed E-state index contributed by atoms with van der Waals surface area (Å²) in [6.45, 7) is 3.34. The van der Waals surface area contributed by atoms with Gasteiger partial charge in [0, 0.05) is 6.04 Å². The maximum atomic E-state index is 3.66. The van der Waals surface area contributed by atoms with Crippen LogP contribution in [0.1, 0.15) is 36.9 Å². The predicted octanol–water partition coefficient (Wildman–Crippen LogP) is 4.40. The van der Waals surface area contributed by atoms with E-state index in [1.807, 2.05) is 0 Å². The summed E-state index contributed by atoms with van der Waals surface area (Å²) in [6.07, 6.45) is 3.68. The Kier molecular flexibility index (Phi) is 3.48. The molecule has 94 valence electrons. The molecule has 0 bridgehead atoms. The standard InChI is InChI=1S/C16H19NS/c1-2-8-17-16-6-5-12-3-4-13(10-15(12)16)14-7-9-18-11-14/h3-4,7,9-11,16-17H,2,5-6,8H2,1H3. The van der Waals surface area contributed by atoms with Crippen molar-refractivity contribution in [2.45, 2.75) is 32.2 Å². The molecule has 1 aromatic heterocycles. The molecular formula is C16H19NS. The van der Waals surface area contributed by atoms with Gasteiger partial charge in [-0.1, -0.05) is 19.1 Å². The van der Waals surface area contributed by atoms with Crippen molar-refractivity contribution in [3.8, 4) is 11.1 Å². The van der Waals surface area contributed by atoms with E-state index in [-0.39, 0.29) is 0 Å². The highest BCUT2D eigenvalue weighted by Crippen LogP contribution is 2.34. The van der Waals surface area contributed by atoms with E-state index in [2.05, 4.69) is 47.3 Å². The molecule has 0 radical (unpaired) electrons. The number of benzene rings is 1. The van der Waals surface area contributed by atoms with E-state index in [4.69, 9.17) is 0 Å². The van der Waals surface area contributed by atoms with Crippen molar-refractivity contribution in [3.05, 3.63) is 46.2 Å². The second-order valence-corrected chi connectivity index (χ2v) is 5.75. The zero-order valence-corrected chi connectivity index (χ0v) is 11.6. The Morgan fingerprint density at radius 3 is 3.00 bits per heavy atom. The lowest BCUT2D eigenvalue weighted by atomic mass is 10.0. The van der Waals surface area contributed by atoms with E-state index in [1.165, 1.54) is 41.5 Å². The average Bonchev–Trinajstić information content (AvgIpc) is 3.05. The van der Waals surface area contributed by atoms with Gasteiger partial charge in [-0.2, -0.15) is 11.3 Å². The molecule has 0 saturated carbocycles. The second kappa shape index (κ2) is 5.25.